The van der Waals surface area contributed by atoms with Crippen LogP contribution in [0.25, 0.3) is 0 Å². The highest BCUT2D eigenvalue weighted by Gasteiger charge is 2.21. The molecule has 0 heterocycles. The van der Waals surface area contributed by atoms with E-state index >= 15 is 0 Å². The second-order valence-electron chi connectivity index (χ2n) is 4.92. The zero-order valence-corrected chi connectivity index (χ0v) is 13.6. The van der Waals surface area contributed by atoms with Gasteiger partial charge in [-0.2, -0.15) is 0 Å². The van der Waals surface area contributed by atoms with Gasteiger partial charge in [-0.3, -0.25) is 14.2 Å². The van der Waals surface area contributed by atoms with E-state index in [0.29, 0.717) is 13.1 Å². The minimum Gasteiger partial charge on any atom is -0.469 e. The quantitative estimate of drug-likeness (QED) is 0.278. The number of hydrogen-bond acceptors (Lipinski definition) is 5. The number of hydrogen-bond donors (Lipinski definition) is 3. The normalized spacial score (nSPS) is 13.5. The fraction of sp³-hybridized carbons (Fsp3) is 0.846. The second-order valence-corrected chi connectivity index (χ2v) is 7.51. The number of esters is 1. The molecule has 0 aromatic rings. The number of rotatable bonds is 12. The molecular formula is C13H27N2O5P. The van der Waals surface area contributed by atoms with Gasteiger partial charge in [0.05, 0.1) is 13.5 Å². The molecule has 0 saturated carbocycles. The maximum absolute atomic E-state index is 11.7. The average molecular weight is 322 g/mol. The molecule has 0 spiro atoms. The molecule has 1 atom stereocenters. The molecule has 0 aliphatic carbocycles. The Balaban J connectivity index is 3.71. The maximum Gasteiger partial charge on any atom is 0.306 e. The molecule has 4 N–H and O–H groups in total. The second kappa shape index (κ2) is 11.7. The first-order valence-corrected chi connectivity index (χ1v) is 9.28. The Morgan fingerprint density at radius 1 is 1.14 bits per heavy atom. The first-order valence-electron chi connectivity index (χ1n) is 7.25. The molecule has 0 fully saturated rings. The standard InChI is InChI=1S/C13H27N2O5P/c1-20-13(17)7-11-21(18,19)10-6-12(16)15-9-5-3-2-4-8-14/h2-11,14H2,1H3,(H,15,16)(H,18,19). The van der Waals surface area contributed by atoms with Crippen LogP contribution in [-0.4, -0.2) is 49.3 Å². The van der Waals surface area contributed by atoms with Crippen molar-refractivity contribution in [3.05, 3.63) is 0 Å². The van der Waals surface area contributed by atoms with Crippen LogP contribution in [0.15, 0.2) is 0 Å². The third kappa shape index (κ3) is 12.5. The highest BCUT2D eigenvalue weighted by atomic mass is 31.2. The molecule has 124 valence electrons. The lowest BCUT2D eigenvalue weighted by atomic mass is 10.2. The van der Waals surface area contributed by atoms with E-state index in [1.807, 2.05) is 0 Å². The van der Waals surface area contributed by atoms with Gasteiger partial charge in [-0.25, -0.2) is 0 Å². The van der Waals surface area contributed by atoms with Crippen LogP contribution in [0.1, 0.15) is 38.5 Å². The summed E-state index contributed by atoms with van der Waals surface area (Å²) in [5, 5.41) is 2.71. The Labute approximate surface area is 126 Å². The van der Waals surface area contributed by atoms with Crippen molar-refractivity contribution in [1.82, 2.24) is 5.32 Å². The van der Waals surface area contributed by atoms with Gasteiger partial charge in [0.1, 0.15) is 0 Å². The molecule has 1 amide bonds. The van der Waals surface area contributed by atoms with Crippen LogP contribution in [0.5, 0.6) is 0 Å². The highest BCUT2D eigenvalue weighted by Crippen LogP contribution is 2.41. The van der Waals surface area contributed by atoms with Crippen LogP contribution in [-0.2, 0) is 18.9 Å². The molecule has 0 aliphatic heterocycles. The van der Waals surface area contributed by atoms with Crippen molar-refractivity contribution in [2.24, 2.45) is 5.73 Å². The Morgan fingerprint density at radius 3 is 2.38 bits per heavy atom. The Hall–Kier alpha value is -0.910. The largest absolute Gasteiger partial charge is 0.469 e. The minimum absolute atomic E-state index is 0.00223. The van der Waals surface area contributed by atoms with Crippen molar-refractivity contribution in [3.8, 4) is 0 Å². The van der Waals surface area contributed by atoms with Crippen LogP contribution in [0.2, 0.25) is 0 Å². The van der Waals surface area contributed by atoms with Gasteiger partial charge < -0.3 is 20.7 Å². The third-order valence-corrected chi connectivity index (χ3v) is 4.88. The van der Waals surface area contributed by atoms with Crippen molar-refractivity contribution in [1.29, 1.82) is 0 Å². The number of amides is 1. The molecular weight excluding hydrogens is 295 g/mol. The molecule has 0 bridgehead atoms. The zero-order valence-electron chi connectivity index (χ0n) is 12.7. The first kappa shape index (κ1) is 20.1. The molecule has 0 radical (unpaired) electrons. The number of unbranched alkanes of at least 4 members (excludes halogenated alkanes) is 3. The SMILES string of the molecule is COC(=O)CCP(=O)(O)CCC(=O)NCCCCCCN. The smallest absolute Gasteiger partial charge is 0.306 e. The number of ether oxygens (including phenoxy) is 1. The molecule has 1 unspecified atom stereocenters. The van der Waals surface area contributed by atoms with Gasteiger partial charge in [0.2, 0.25) is 13.3 Å². The van der Waals surface area contributed by atoms with Gasteiger partial charge in [0.25, 0.3) is 0 Å². The number of nitrogens with one attached hydrogen (secondary N) is 1. The summed E-state index contributed by atoms with van der Waals surface area (Å²) in [6, 6.07) is 0. The van der Waals surface area contributed by atoms with Gasteiger partial charge in [-0.05, 0) is 19.4 Å². The van der Waals surface area contributed by atoms with Crippen molar-refractivity contribution in [3.63, 3.8) is 0 Å². The fourth-order valence-corrected chi connectivity index (χ4v) is 3.00. The van der Waals surface area contributed by atoms with E-state index in [9.17, 15) is 19.0 Å². The van der Waals surface area contributed by atoms with Gasteiger partial charge >= 0.3 is 5.97 Å². The molecule has 7 nitrogen and oxygen atoms in total. The summed E-state index contributed by atoms with van der Waals surface area (Å²) in [5.74, 6) is -0.757. The van der Waals surface area contributed by atoms with E-state index in [-0.39, 0.29) is 31.1 Å². The number of carbonyl (C=O) groups is 2. The monoisotopic (exact) mass is 322 g/mol. The summed E-state index contributed by atoms with van der Waals surface area (Å²) in [6.07, 6.45) is 3.56. The zero-order chi connectivity index (χ0) is 16.1. The predicted molar refractivity (Wildman–Crippen MR) is 81.3 cm³/mol. The summed E-state index contributed by atoms with van der Waals surface area (Å²) in [6.45, 7) is 1.25. The molecule has 21 heavy (non-hydrogen) atoms. The van der Waals surface area contributed by atoms with Crippen LogP contribution < -0.4 is 11.1 Å². The van der Waals surface area contributed by atoms with Gasteiger partial charge in [0, 0.05) is 25.3 Å². The molecule has 0 aromatic heterocycles. The van der Waals surface area contributed by atoms with Gasteiger partial charge in [-0.15, -0.1) is 0 Å². The first-order chi connectivity index (χ1) is 9.91. The molecule has 0 aromatic carbocycles. The van der Waals surface area contributed by atoms with E-state index in [0.717, 1.165) is 25.7 Å². The Kier molecular flexibility index (Phi) is 11.2. The minimum atomic E-state index is -3.44. The Bertz CT molecular complexity index is 362. The number of nitrogens with two attached hydrogens (primary N) is 1. The van der Waals surface area contributed by atoms with Crippen molar-refractivity contribution < 1.29 is 23.8 Å². The summed E-state index contributed by atoms with van der Waals surface area (Å²) in [7, 11) is -2.22. The molecule has 0 saturated heterocycles. The Morgan fingerprint density at radius 2 is 1.76 bits per heavy atom. The van der Waals surface area contributed by atoms with Crippen molar-refractivity contribution in [2.75, 3.05) is 32.5 Å². The van der Waals surface area contributed by atoms with Crippen molar-refractivity contribution >= 4 is 19.2 Å². The van der Waals surface area contributed by atoms with Crippen LogP contribution in [0.4, 0.5) is 0 Å². The third-order valence-electron chi connectivity index (χ3n) is 3.03. The van der Waals surface area contributed by atoms with E-state index in [4.69, 9.17) is 5.73 Å². The average Bonchev–Trinajstić information content (AvgIpc) is 2.46. The van der Waals surface area contributed by atoms with E-state index in [1.165, 1.54) is 7.11 Å². The van der Waals surface area contributed by atoms with Crippen LogP contribution >= 0.6 is 7.37 Å². The molecule has 0 rings (SSSR count). The highest BCUT2D eigenvalue weighted by molar-refractivity contribution is 7.58. The molecule has 8 heteroatoms. The van der Waals surface area contributed by atoms with Crippen LogP contribution in [0, 0.1) is 0 Å². The summed E-state index contributed by atoms with van der Waals surface area (Å²) in [4.78, 5) is 32.1. The lowest BCUT2D eigenvalue weighted by Crippen LogP contribution is -2.25. The van der Waals surface area contributed by atoms with Gasteiger partial charge in [-0.1, -0.05) is 12.8 Å². The van der Waals surface area contributed by atoms with Crippen molar-refractivity contribution in [2.45, 2.75) is 38.5 Å². The predicted octanol–water partition coefficient (Wildman–Crippen LogP) is 0.845. The summed E-state index contributed by atoms with van der Waals surface area (Å²) in [5.41, 5.74) is 5.38. The number of methoxy groups -OCH3 is 1. The lowest BCUT2D eigenvalue weighted by molar-refractivity contribution is -0.140. The van der Waals surface area contributed by atoms with E-state index in [1.54, 1.807) is 0 Å². The number of carbonyl (C=O) groups excluding carboxylic acids is 2. The summed E-state index contributed by atoms with van der Waals surface area (Å²) >= 11 is 0. The fourth-order valence-electron chi connectivity index (χ4n) is 1.70. The van der Waals surface area contributed by atoms with Gasteiger partial charge in [0.15, 0.2) is 0 Å². The maximum atomic E-state index is 11.7. The lowest BCUT2D eigenvalue weighted by Gasteiger charge is -2.11. The molecule has 0 aliphatic rings. The topological polar surface area (TPSA) is 119 Å². The summed E-state index contributed by atoms with van der Waals surface area (Å²) < 4.78 is 16.1. The van der Waals surface area contributed by atoms with Crippen LogP contribution in [0.3, 0.4) is 0 Å². The van der Waals surface area contributed by atoms with E-state index < -0.39 is 13.3 Å². The van der Waals surface area contributed by atoms with E-state index in [2.05, 4.69) is 10.1 Å².